The predicted molar refractivity (Wildman–Crippen MR) is 236 cm³/mol. The van der Waals surface area contributed by atoms with Crippen molar-refractivity contribution in [1.29, 1.82) is 0 Å². The first-order chi connectivity index (χ1) is 29.5. The number of aromatic nitrogens is 4. The molecule has 0 bridgehead atoms. The van der Waals surface area contributed by atoms with E-state index in [2.05, 4.69) is 31.9 Å². The molecule has 0 radical (unpaired) electrons. The highest BCUT2D eigenvalue weighted by molar-refractivity contribution is 7.22. The molecule has 4 aromatic heterocycles. The second-order valence-corrected chi connectivity index (χ2v) is 16.9. The van der Waals surface area contributed by atoms with E-state index in [-0.39, 0.29) is 23.9 Å². The molecular formula is C41H44B3ClF4N6O6S. The molecule has 0 amide bonds. The maximum atomic E-state index is 14.5. The fourth-order valence-corrected chi connectivity index (χ4v) is 8.87. The van der Waals surface area contributed by atoms with E-state index in [9.17, 15) is 22.4 Å². The number of halogens is 5. The molecular weight excluding hydrogens is 848 g/mol. The molecule has 62 heavy (non-hydrogen) atoms. The lowest BCUT2D eigenvalue weighted by atomic mass is 9.63. The van der Waals surface area contributed by atoms with Crippen LogP contribution in [-0.2, 0) is 21.5 Å². The molecule has 0 N–H and O–H groups in total. The standard InChI is InChI=1S/C41H44B3ClF4N6O6S/c1-4-57-39(56)35(33(42)25-7-5-6-8-26(25)61-41(43,44)29-13-14-52-55(29)21-40(47,48)49)60-37-32-31(36(28-11-12-30(46)59-28)62-38(32)51-22-50-37)24-9-10-27(34(45)23(24)2)58-20-19-54-17-15-53(3)16-18-54/h5-14,22,33,35H,4,15-21,42-44H2,1-3H3/t33-,35+/m0/s1. The van der Waals surface area contributed by atoms with Crippen LogP contribution < -0.4 is 14.2 Å². The van der Waals surface area contributed by atoms with Gasteiger partial charge in [0.25, 0.3) is 6.01 Å². The van der Waals surface area contributed by atoms with Gasteiger partial charge >= 0.3 is 12.1 Å². The Hall–Kier alpha value is -5.04. The highest BCUT2D eigenvalue weighted by atomic mass is 35.5. The van der Waals surface area contributed by atoms with Crippen LogP contribution in [0, 0.1) is 12.9 Å². The number of rotatable bonds is 16. The van der Waals surface area contributed by atoms with Crippen LogP contribution in [0.15, 0.2) is 71.5 Å². The van der Waals surface area contributed by atoms with Crippen LogP contribution in [0.3, 0.4) is 0 Å². The number of carbonyl (C=O) groups is 1. The molecule has 6 aromatic rings. The maximum Gasteiger partial charge on any atom is 0.408 e. The molecule has 0 unspecified atom stereocenters. The number of piperazine rings is 1. The number of hydrogen-bond donors (Lipinski definition) is 0. The number of hydrogen-bond acceptors (Lipinski definition) is 12. The number of carbonyl (C=O) groups excluding carboxylic acids is 1. The third-order valence-corrected chi connectivity index (χ3v) is 12.4. The van der Waals surface area contributed by atoms with E-state index in [1.54, 1.807) is 60.8 Å². The van der Waals surface area contributed by atoms with Gasteiger partial charge in [-0.2, -0.15) is 22.7 Å². The number of para-hydroxylation sites is 1. The largest absolute Gasteiger partial charge is 0.499 e. The Balaban J connectivity index is 1.25. The molecule has 0 saturated carbocycles. The van der Waals surface area contributed by atoms with Crippen LogP contribution in [0.1, 0.15) is 29.6 Å². The van der Waals surface area contributed by atoms with Crippen LogP contribution in [0.5, 0.6) is 17.4 Å². The lowest BCUT2D eigenvalue weighted by Crippen LogP contribution is -2.45. The molecule has 1 aliphatic heterocycles. The third-order valence-electron chi connectivity index (χ3n) is 10.8. The van der Waals surface area contributed by atoms with E-state index in [0.29, 0.717) is 60.5 Å². The van der Waals surface area contributed by atoms with Gasteiger partial charge in [0.05, 0.1) is 33.0 Å². The number of thiophene rings is 1. The van der Waals surface area contributed by atoms with Crippen molar-refractivity contribution in [3.63, 3.8) is 0 Å². The van der Waals surface area contributed by atoms with Gasteiger partial charge in [0.15, 0.2) is 21.8 Å². The molecule has 0 aliphatic carbocycles. The number of nitrogens with zero attached hydrogens (tertiary/aromatic N) is 6. The summed E-state index contributed by atoms with van der Waals surface area (Å²) in [7, 11) is 7.13. The van der Waals surface area contributed by atoms with Crippen molar-refractivity contribution in [3.8, 4) is 39.1 Å². The molecule has 1 saturated heterocycles. The van der Waals surface area contributed by atoms with E-state index in [4.69, 9.17) is 35.0 Å². The molecule has 1 aliphatic rings. The van der Waals surface area contributed by atoms with Crippen molar-refractivity contribution in [2.45, 2.75) is 43.9 Å². The first-order valence-corrected chi connectivity index (χ1v) is 21.3. The van der Waals surface area contributed by atoms with Crippen LogP contribution >= 0.6 is 22.9 Å². The minimum absolute atomic E-state index is 0.0299. The number of benzene rings is 2. The summed E-state index contributed by atoms with van der Waals surface area (Å²) in [6.07, 6.45) is -3.24. The van der Waals surface area contributed by atoms with E-state index in [1.165, 1.54) is 42.1 Å². The zero-order valence-corrected chi connectivity index (χ0v) is 36.7. The van der Waals surface area contributed by atoms with Gasteiger partial charge in [-0.05, 0) is 61.9 Å². The zero-order valence-electron chi connectivity index (χ0n) is 35.1. The first-order valence-electron chi connectivity index (χ1n) is 20.1. The molecule has 12 nitrogen and oxygen atoms in total. The van der Waals surface area contributed by atoms with Gasteiger partial charge in [-0.15, -0.1) is 11.3 Å². The quantitative estimate of drug-likeness (QED) is 0.0722. The van der Waals surface area contributed by atoms with E-state index >= 15 is 0 Å². The summed E-state index contributed by atoms with van der Waals surface area (Å²) in [4.78, 5) is 28.6. The Kier molecular flexibility index (Phi) is 13.6. The van der Waals surface area contributed by atoms with E-state index in [1.807, 2.05) is 13.0 Å². The van der Waals surface area contributed by atoms with Crippen molar-refractivity contribution >= 4 is 62.7 Å². The summed E-state index contributed by atoms with van der Waals surface area (Å²) in [5.41, 5.74) is 2.54. The minimum atomic E-state index is -4.51. The van der Waals surface area contributed by atoms with Gasteiger partial charge in [-0.3, -0.25) is 9.58 Å². The van der Waals surface area contributed by atoms with Gasteiger partial charge in [-0.1, -0.05) is 35.9 Å². The Morgan fingerprint density at radius 1 is 1.03 bits per heavy atom. The van der Waals surface area contributed by atoms with Crippen molar-refractivity contribution in [3.05, 3.63) is 95.0 Å². The molecule has 7 rings (SSSR count). The van der Waals surface area contributed by atoms with Crippen LogP contribution in [0.25, 0.3) is 32.0 Å². The average Bonchev–Trinajstić information content (AvgIpc) is 3.98. The summed E-state index contributed by atoms with van der Waals surface area (Å²) in [5, 5.41) is 3.39. The molecule has 1 fully saturated rings. The normalized spacial score (nSPS) is 15.1. The van der Waals surface area contributed by atoms with Crippen molar-refractivity contribution in [1.82, 2.24) is 29.5 Å². The summed E-state index contributed by atoms with van der Waals surface area (Å²) >= 11 is 8.26. The van der Waals surface area contributed by atoms with Crippen molar-refractivity contribution < 1.29 is 45.7 Å². The molecule has 2 aromatic carbocycles. The van der Waals surface area contributed by atoms with Gasteiger partial charge < -0.3 is 28.3 Å². The lowest BCUT2D eigenvalue weighted by molar-refractivity contribution is -0.151. The number of ether oxygens (including phenoxy) is 4. The topological polar surface area (TPSA) is 117 Å². The smallest absolute Gasteiger partial charge is 0.408 e. The zero-order chi connectivity index (χ0) is 44.3. The summed E-state index contributed by atoms with van der Waals surface area (Å²) in [6.45, 7) is 7.34. The third kappa shape index (κ3) is 9.93. The average molecular weight is 893 g/mol. The number of likely N-dealkylation sites (N-methyl/N-ethyl adjacent to an activating group) is 1. The van der Waals surface area contributed by atoms with Crippen LogP contribution in [-0.4, -0.2) is 124 Å². The fraction of sp³-hybridized carbons (Fsp3) is 0.366. The fourth-order valence-electron chi connectivity index (χ4n) is 7.54. The van der Waals surface area contributed by atoms with Gasteiger partial charge in [0.1, 0.15) is 49.4 Å². The first kappa shape index (κ1) is 45.0. The highest BCUT2D eigenvalue weighted by Crippen LogP contribution is 2.50. The van der Waals surface area contributed by atoms with Gasteiger partial charge in [0.2, 0.25) is 5.88 Å². The Labute approximate surface area is 367 Å². The minimum Gasteiger partial charge on any atom is -0.499 e. The molecule has 0 spiro atoms. The monoisotopic (exact) mass is 892 g/mol. The Morgan fingerprint density at radius 3 is 2.50 bits per heavy atom. The van der Waals surface area contributed by atoms with Gasteiger partial charge in [0, 0.05) is 56.4 Å². The maximum absolute atomic E-state index is 14.5. The lowest BCUT2D eigenvalue weighted by Gasteiger charge is -2.32. The van der Waals surface area contributed by atoms with Crippen LogP contribution in [0.2, 0.25) is 5.02 Å². The van der Waals surface area contributed by atoms with E-state index in [0.717, 1.165) is 37.4 Å². The number of alkyl halides is 3. The Morgan fingerprint density at radius 2 is 1.79 bits per heavy atom. The predicted octanol–water partition coefficient (Wildman–Crippen LogP) is 5.24. The summed E-state index contributed by atoms with van der Waals surface area (Å²) in [5.74, 6) is -0.413. The molecule has 5 heterocycles. The second-order valence-electron chi connectivity index (χ2n) is 15.5. The van der Waals surface area contributed by atoms with Crippen molar-refractivity contribution in [2.75, 3.05) is 53.0 Å². The second kappa shape index (κ2) is 18.7. The Bertz CT molecular complexity index is 2530. The summed E-state index contributed by atoms with van der Waals surface area (Å²) in [6, 6.07) is 13.9. The highest BCUT2D eigenvalue weighted by Gasteiger charge is 2.37. The molecule has 21 heteroatoms. The SMILES string of the molecule is B[C@@H](c1ccccc1OC(B)(B)c1ccnn1CC(F)(F)F)[C@@H](Oc1ncnc2sc(-c3ccc(F)o3)c(-c3ccc(OCCN4CCN(C)CC4)c(Cl)c3C)c12)C(=O)OCC. The number of fused-ring (bicyclic) bond motifs is 1. The molecule has 2 atom stereocenters. The number of furan rings is 1. The summed E-state index contributed by atoms with van der Waals surface area (Å²) < 4.78 is 86.0. The molecule has 324 valence electrons. The van der Waals surface area contributed by atoms with E-state index < -0.39 is 42.0 Å². The number of esters is 1. The van der Waals surface area contributed by atoms with Crippen molar-refractivity contribution in [2.24, 2.45) is 0 Å². The van der Waals surface area contributed by atoms with Gasteiger partial charge in [-0.25, -0.2) is 14.8 Å². The van der Waals surface area contributed by atoms with Crippen LogP contribution in [0.4, 0.5) is 17.6 Å².